The summed E-state index contributed by atoms with van der Waals surface area (Å²) in [5.41, 5.74) is 4.41. The summed E-state index contributed by atoms with van der Waals surface area (Å²) in [5.74, 6) is -0.140. The Morgan fingerprint density at radius 3 is 2.68 bits per heavy atom. The Balaban J connectivity index is 1.25. The first-order valence-corrected chi connectivity index (χ1v) is 10.2. The van der Waals surface area contributed by atoms with Gasteiger partial charge in [0, 0.05) is 0 Å². The molecule has 0 aliphatic rings. The van der Waals surface area contributed by atoms with Gasteiger partial charge in [-0.1, -0.05) is 36.4 Å². The Kier molecular flexibility index (Phi) is 4.89. The lowest BCUT2D eigenvalue weighted by Gasteiger charge is -2.05. The van der Waals surface area contributed by atoms with Crippen LogP contribution in [-0.4, -0.2) is 27.2 Å². The average Bonchev–Trinajstić information content (AvgIpc) is 3.39. The zero-order valence-corrected chi connectivity index (χ0v) is 16.9. The number of benzene rings is 3. The van der Waals surface area contributed by atoms with E-state index in [1.807, 2.05) is 48.5 Å². The molecular weight excluding hydrogens is 412 g/mol. The molecule has 5 rings (SSSR count). The fourth-order valence-electron chi connectivity index (χ4n) is 3.16. The van der Waals surface area contributed by atoms with Crippen molar-refractivity contribution >= 4 is 45.7 Å². The second-order valence-corrected chi connectivity index (χ2v) is 7.73. The van der Waals surface area contributed by atoms with Gasteiger partial charge in [0.1, 0.15) is 11.5 Å². The first-order chi connectivity index (χ1) is 15.2. The van der Waals surface area contributed by atoms with Crippen LogP contribution in [0.15, 0.2) is 92.6 Å². The highest BCUT2D eigenvalue weighted by Gasteiger charge is 2.12. The number of hydrogen-bond acceptors (Lipinski definition) is 6. The summed E-state index contributed by atoms with van der Waals surface area (Å²) in [6, 6.07) is 22.0. The maximum absolute atomic E-state index is 12.4. The van der Waals surface area contributed by atoms with Gasteiger partial charge in [-0.05, 0) is 58.9 Å². The van der Waals surface area contributed by atoms with Gasteiger partial charge < -0.3 is 14.5 Å². The predicted octanol–water partition coefficient (Wildman–Crippen LogP) is 4.93. The number of phenolic OH excluding ortho intramolecular Hbond substituents is 1. The van der Waals surface area contributed by atoms with E-state index in [1.54, 1.807) is 24.3 Å². The Morgan fingerprint density at radius 2 is 1.84 bits per heavy atom. The number of carbonyl (C=O) groups is 1. The number of para-hydroxylation sites is 2. The van der Waals surface area contributed by atoms with Crippen LogP contribution in [0.2, 0.25) is 0 Å². The number of imidazole rings is 1. The van der Waals surface area contributed by atoms with Crippen LogP contribution in [0.4, 0.5) is 0 Å². The van der Waals surface area contributed by atoms with E-state index in [1.165, 1.54) is 18.0 Å². The minimum Gasteiger partial charge on any atom is -0.507 e. The molecule has 0 aliphatic heterocycles. The van der Waals surface area contributed by atoms with E-state index >= 15 is 0 Å². The number of rotatable bonds is 5. The van der Waals surface area contributed by atoms with Gasteiger partial charge in [0.05, 0.1) is 22.8 Å². The Bertz CT molecular complexity index is 1400. The largest absolute Gasteiger partial charge is 0.507 e. The summed E-state index contributed by atoms with van der Waals surface area (Å²) in [7, 11) is 0. The highest BCUT2D eigenvalue weighted by molar-refractivity contribution is 7.99. The molecule has 3 N–H and O–H groups in total. The van der Waals surface area contributed by atoms with E-state index in [9.17, 15) is 9.90 Å². The Hall–Kier alpha value is -4.04. The number of hydrazone groups is 1. The van der Waals surface area contributed by atoms with Gasteiger partial charge in [0.25, 0.3) is 5.91 Å². The number of fused-ring (bicyclic) bond motifs is 2. The number of aromatic amines is 1. The van der Waals surface area contributed by atoms with E-state index in [-0.39, 0.29) is 11.3 Å². The maximum Gasteiger partial charge on any atom is 0.275 e. The number of carbonyl (C=O) groups excluding carboxylic acids is 1. The molecule has 0 aliphatic carbocycles. The van der Waals surface area contributed by atoms with E-state index in [0.29, 0.717) is 10.9 Å². The second kappa shape index (κ2) is 8.00. The molecule has 0 spiro atoms. The van der Waals surface area contributed by atoms with Gasteiger partial charge in [0.15, 0.2) is 10.2 Å². The maximum atomic E-state index is 12.4. The van der Waals surface area contributed by atoms with Crippen molar-refractivity contribution in [3.63, 3.8) is 0 Å². The molecule has 7 nitrogen and oxygen atoms in total. The number of aromatic nitrogens is 2. The minimum absolute atomic E-state index is 0.103. The highest BCUT2D eigenvalue weighted by atomic mass is 32.2. The molecule has 2 heterocycles. The quantitative estimate of drug-likeness (QED) is 0.272. The van der Waals surface area contributed by atoms with E-state index in [2.05, 4.69) is 20.5 Å². The summed E-state index contributed by atoms with van der Waals surface area (Å²) in [4.78, 5) is 20.1. The number of amides is 1. The lowest BCUT2D eigenvalue weighted by Crippen LogP contribution is -2.17. The molecule has 1 amide bonds. The third-order valence-corrected chi connectivity index (χ3v) is 5.44. The summed E-state index contributed by atoms with van der Waals surface area (Å²) in [5, 5.41) is 17.1. The van der Waals surface area contributed by atoms with Gasteiger partial charge in [-0.2, -0.15) is 5.10 Å². The lowest BCUT2D eigenvalue weighted by atomic mass is 10.1. The topological polar surface area (TPSA) is 104 Å². The van der Waals surface area contributed by atoms with E-state index in [0.717, 1.165) is 27.0 Å². The minimum atomic E-state index is -0.511. The van der Waals surface area contributed by atoms with Gasteiger partial charge >= 0.3 is 0 Å². The molecule has 8 heteroatoms. The van der Waals surface area contributed by atoms with Crippen molar-refractivity contribution in [2.75, 3.05) is 0 Å². The van der Waals surface area contributed by atoms with Crippen LogP contribution in [0.1, 0.15) is 16.1 Å². The van der Waals surface area contributed by atoms with Gasteiger partial charge in [0.2, 0.25) is 0 Å². The molecular formula is C23H16N4O3S. The smallest absolute Gasteiger partial charge is 0.275 e. The number of nitrogens with zero attached hydrogens (tertiary/aromatic N) is 2. The summed E-state index contributed by atoms with van der Waals surface area (Å²) < 4.78 is 5.71. The van der Waals surface area contributed by atoms with Crippen molar-refractivity contribution in [3.8, 4) is 5.75 Å². The molecule has 0 saturated heterocycles. The summed E-state index contributed by atoms with van der Waals surface area (Å²) in [6.07, 6.45) is 1.40. The zero-order valence-electron chi connectivity index (χ0n) is 16.1. The highest BCUT2D eigenvalue weighted by Crippen LogP contribution is 2.28. The molecule has 5 aromatic rings. The molecule has 0 fully saturated rings. The molecule has 0 unspecified atom stereocenters. The van der Waals surface area contributed by atoms with Crippen molar-refractivity contribution in [2.45, 2.75) is 10.2 Å². The van der Waals surface area contributed by atoms with Crippen molar-refractivity contribution in [2.24, 2.45) is 5.10 Å². The van der Waals surface area contributed by atoms with Gasteiger partial charge in [-0.25, -0.2) is 10.4 Å². The zero-order chi connectivity index (χ0) is 21.2. The number of nitrogens with one attached hydrogen (secondary N) is 2. The average molecular weight is 428 g/mol. The van der Waals surface area contributed by atoms with Crippen LogP contribution in [0.25, 0.3) is 21.8 Å². The Morgan fingerprint density at radius 1 is 1.06 bits per heavy atom. The number of hydrogen-bond donors (Lipinski definition) is 3. The number of phenols is 1. The SMILES string of the molecule is O=C(NN=Cc1ccc(Sc2nc3ccccc3[nH]2)o1)c1cc2ccccc2cc1O. The van der Waals surface area contributed by atoms with Crippen LogP contribution in [0.3, 0.4) is 0 Å². The molecule has 0 saturated carbocycles. The molecule has 2 aromatic heterocycles. The second-order valence-electron chi connectivity index (χ2n) is 6.73. The standard InChI is InChI=1S/C23H16N4O3S/c28-20-12-15-6-2-1-5-14(15)11-17(20)22(29)27-24-13-16-9-10-21(30-16)31-23-25-18-7-3-4-8-19(18)26-23/h1-13,28H,(H,25,26)(H,27,29). The lowest BCUT2D eigenvalue weighted by molar-refractivity contribution is 0.0952. The molecule has 152 valence electrons. The summed E-state index contributed by atoms with van der Waals surface area (Å²) >= 11 is 1.36. The fraction of sp³-hybridized carbons (Fsp3) is 0. The Labute approximate surface area is 180 Å². The normalized spacial score (nSPS) is 11.5. The van der Waals surface area contributed by atoms with Crippen LogP contribution in [-0.2, 0) is 0 Å². The van der Waals surface area contributed by atoms with Crippen molar-refractivity contribution in [1.82, 2.24) is 15.4 Å². The fourth-order valence-corrected chi connectivity index (χ4v) is 3.93. The first-order valence-electron chi connectivity index (χ1n) is 9.43. The molecule has 0 radical (unpaired) electrons. The molecule has 0 atom stereocenters. The van der Waals surface area contributed by atoms with Crippen LogP contribution in [0, 0.1) is 0 Å². The molecule has 3 aromatic carbocycles. The third-order valence-electron chi connectivity index (χ3n) is 4.63. The van der Waals surface area contributed by atoms with Crippen molar-refractivity contribution < 1.29 is 14.3 Å². The molecule has 31 heavy (non-hydrogen) atoms. The predicted molar refractivity (Wildman–Crippen MR) is 120 cm³/mol. The monoisotopic (exact) mass is 428 g/mol. The first kappa shape index (κ1) is 19.0. The number of aromatic hydroxyl groups is 1. The number of H-pyrrole nitrogens is 1. The van der Waals surface area contributed by atoms with Crippen LogP contribution >= 0.6 is 11.8 Å². The third kappa shape index (κ3) is 4.01. The molecule has 0 bridgehead atoms. The van der Waals surface area contributed by atoms with E-state index < -0.39 is 5.91 Å². The van der Waals surface area contributed by atoms with Gasteiger partial charge in [-0.3, -0.25) is 4.79 Å². The van der Waals surface area contributed by atoms with Crippen molar-refractivity contribution in [1.29, 1.82) is 0 Å². The summed E-state index contributed by atoms with van der Waals surface area (Å²) in [6.45, 7) is 0. The van der Waals surface area contributed by atoms with Crippen LogP contribution in [0.5, 0.6) is 5.75 Å². The van der Waals surface area contributed by atoms with E-state index in [4.69, 9.17) is 4.42 Å². The number of furan rings is 1. The van der Waals surface area contributed by atoms with Crippen LogP contribution < -0.4 is 5.43 Å². The van der Waals surface area contributed by atoms with Gasteiger partial charge in [-0.15, -0.1) is 0 Å². The van der Waals surface area contributed by atoms with Crippen molar-refractivity contribution in [3.05, 3.63) is 84.1 Å².